The SMILES string of the molecule is CCC(C(=O)N1CCCCC1C(=O)OC(CCc1ccc(OC)c(OC)c1)c1ccccc1OCC(=O)O)c1cc(OC)c(OC)c(OC)c1. The van der Waals surface area contributed by atoms with E-state index in [1.807, 2.05) is 25.1 Å². The molecule has 1 amide bonds. The highest BCUT2D eigenvalue weighted by molar-refractivity contribution is 5.89. The second-order valence-corrected chi connectivity index (χ2v) is 11.8. The fourth-order valence-electron chi connectivity index (χ4n) is 6.34. The van der Waals surface area contributed by atoms with Crippen molar-refractivity contribution in [2.75, 3.05) is 48.7 Å². The molecule has 0 aliphatic carbocycles. The number of carboxylic acid groups (broad SMARTS) is 1. The number of carbonyl (C=O) groups excluding carboxylic acids is 2. The number of likely N-dealkylation sites (tertiary alicyclic amines) is 1. The Labute approximate surface area is 293 Å². The van der Waals surface area contributed by atoms with Crippen molar-refractivity contribution in [3.8, 4) is 34.5 Å². The van der Waals surface area contributed by atoms with E-state index in [0.717, 1.165) is 18.4 Å². The van der Waals surface area contributed by atoms with Crippen molar-refractivity contribution in [1.29, 1.82) is 0 Å². The van der Waals surface area contributed by atoms with E-state index in [9.17, 15) is 19.5 Å². The van der Waals surface area contributed by atoms with Crippen molar-refractivity contribution >= 4 is 17.8 Å². The number of benzene rings is 3. The second kappa shape index (κ2) is 18.0. The van der Waals surface area contributed by atoms with E-state index >= 15 is 0 Å². The quantitative estimate of drug-likeness (QED) is 0.167. The molecule has 0 saturated carbocycles. The highest BCUT2D eigenvalue weighted by Crippen LogP contribution is 2.42. The number of amides is 1. The van der Waals surface area contributed by atoms with Crippen LogP contribution >= 0.6 is 0 Å². The lowest BCUT2D eigenvalue weighted by atomic mass is 9.91. The Bertz CT molecular complexity index is 1600. The molecule has 4 rings (SSSR count). The van der Waals surface area contributed by atoms with Crippen LogP contribution < -0.4 is 28.4 Å². The summed E-state index contributed by atoms with van der Waals surface area (Å²) in [6.07, 6.45) is 2.43. The van der Waals surface area contributed by atoms with Gasteiger partial charge in [-0.1, -0.05) is 31.2 Å². The standard InChI is InChI=1S/C38H47NO11/c1-7-26(25-21-33(46-4)36(48-6)34(22-25)47-5)37(42)39-19-11-10-13-28(39)38(43)50-30(27-12-8-9-14-29(27)49-23-35(40)41)17-15-24-16-18-31(44-2)32(20-24)45-3/h8-9,12,14,16,18,20-22,26,28,30H,7,10-11,13,15,17,19,23H2,1-6H3,(H,40,41). The summed E-state index contributed by atoms with van der Waals surface area (Å²) in [5.41, 5.74) is 2.13. The Balaban J connectivity index is 1.64. The first-order valence-corrected chi connectivity index (χ1v) is 16.6. The molecule has 1 heterocycles. The Kier molecular flexibility index (Phi) is 13.6. The highest BCUT2D eigenvalue weighted by Gasteiger charge is 2.38. The Morgan fingerprint density at radius 3 is 2.12 bits per heavy atom. The average Bonchev–Trinajstić information content (AvgIpc) is 3.15. The van der Waals surface area contributed by atoms with Gasteiger partial charge < -0.3 is 43.2 Å². The van der Waals surface area contributed by atoms with E-state index in [1.54, 1.807) is 55.5 Å². The zero-order chi connectivity index (χ0) is 36.2. The summed E-state index contributed by atoms with van der Waals surface area (Å²) in [7, 11) is 7.68. The number of rotatable bonds is 17. The molecule has 12 heteroatoms. The largest absolute Gasteiger partial charge is 0.493 e. The fourth-order valence-corrected chi connectivity index (χ4v) is 6.34. The number of para-hydroxylation sites is 1. The molecule has 3 atom stereocenters. The van der Waals surface area contributed by atoms with Crippen LogP contribution in [0, 0.1) is 0 Å². The number of carbonyl (C=O) groups is 3. The molecule has 0 radical (unpaired) electrons. The first-order chi connectivity index (χ1) is 24.2. The van der Waals surface area contributed by atoms with E-state index in [2.05, 4.69) is 0 Å². The van der Waals surface area contributed by atoms with Gasteiger partial charge in [0.2, 0.25) is 11.7 Å². The van der Waals surface area contributed by atoms with Gasteiger partial charge >= 0.3 is 11.9 Å². The number of nitrogens with zero attached hydrogens (tertiary/aromatic N) is 1. The van der Waals surface area contributed by atoms with Gasteiger partial charge in [-0.05, 0) is 80.0 Å². The lowest BCUT2D eigenvalue weighted by Gasteiger charge is -2.37. The Morgan fingerprint density at radius 2 is 1.50 bits per heavy atom. The molecule has 0 bridgehead atoms. The zero-order valence-electron chi connectivity index (χ0n) is 29.6. The number of hydrogen-bond acceptors (Lipinski definition) is 10. The van der Waals surface area contributed by atoms with Crippen LogP contribution in [0.15, 0.2) is 54.6 Å². The third-order valence-electron chi connectivity index (χ3n) is 8.87. The van der Waals surface area contributed by atoms with Crippen LogP contribution in [-0.2, 0) is 25.5 Å². The molecule has 3 unspecified atom stereocenters. The summed E-state index contributed by atoms with van der Waals surface area (Å²) in [4.78, 5) is 41.4. The van der Waals surface area contributed by atoms with E-state index in [-0.39, 0.29) is 5.91 Å². The van der Waals surface area contributed by atoms with Crippen LogP contribution in [0.2, 0.25) is 0 Å². The van der Waals surface area contributed by atoms with E-state index < -0.39 is 36.6 Å². The van der Waals surface area contributed by atoms with Gasteiger partial charge in [0.25, 0.3) is 0 Å². The van der Waals surface area contributed by atoms with Gasteiger partial charge in [-0.15, -0.1) is 0 Å². The van der Waals surface area contributed by atoms with Crippen molar-refractivity contribution in [1.82, 2.24) is 4.90 Å². The topological polar surface area (TPSA) is 139 Å². The van der Waals surface area contributed by atoms with Gasteiger partial charge in [0, 0.05) is 12.1 Å². The summed E-state index contributed by atoms with van der Waals surface area (Å²) in [5, 5.41) is 9.29. The predicted octanol–water partition coefficient (Wildman–Crippen LogP) is 5.99. The minimum absolute atomic E-state index is 0.199. The summed E-state index contributed by atoms with van der Waals surface area (Å²) >= 11 is 0. The minimum atomic E-state index is -1.13. The number of hydrogen-bond donors (Lipinski definition) is 1. The van der Waals surface area contributed by atoms with Gasteiger partial charge in [-0.2, -0.15) is 0 Å². The van der Waals surface area contributed by atoms with Gasteiger partial charge in [-0.3, -0.25) is 4.79 Å². The van der Waals surface area contributed by atoms with Crippen LogP contribution in [0.25, 0.3) is 0 Å². The molecule has 12 nitrogen and oxygen atoms in total. The molecule has 50 heavy (non-hydrogen) atoms. The average molecular weight is 694 g/mol. The minimum Gasteiger partial charge on any atom is -0.493 e. The maximum Gasteiger partial charge on any atom is 0.341 e. The summed E-state index contributed by atoms with van der Waals surface area (Å²) in [6, 6.07) is 15.2. The molecule has 3 aromatic rings. The third-order valence-corrected chi connectivity index (χ3v) is 8.87. The van der Waals surface area contributed by atoms with E-state index in [0.29, 0.717) is 77.9 Å². The van der Waals surface area contributed by atoms with Gasteiger partial charge in [0.15, 0.2) is 29.6 Å². The smallest absolute Gasteiger partial charge is 0.341 e. The second-order valence-electron chi connectivity index (χ2n) is 11.8. The van der Waals surface area contributed by atoms with Crippen LogP contribution in [0.4, 0.5) is 0 Å². The van der Waals surface area contributed by atoms with E-state index in [4.69, 9.17) is 33.2 Å². The zero-order valence-corrected chi connectivity index (χ0v) is 29.6. The molecule has 3 aromatic carbocycles. The monoisotopic (exact) mass is 693 g/mol. The molecule has 270 valence electrons. The molecule has 0 spiro atoms. The van der Waals surface area contributed by atoms with Crippen molar-refractivity contribution in [3.05, 3.63) is 71.3 Å². The van der Waals surface area contributed by atoms with E-state index in [1.165, 1.54) is 21.3 Å². The summed E-state index contributed by atoms with van der Waals surface area (Å²) in [5.74, 6) is 0.294. The predicted molar refractivity (Wildman–Crippen MR) is 185 cm³/mol. The molecule has 0 aromatic heterocycles. The lowest BCUT2D eigenvalue weighted by Crippen LogP contribution is -2.50. The number of carboxylic acids is 1. The summed E-state index contributed by atoms with van der Waals surface area (Å²) < 4.78 is 39.3. The van der Waals surface area contributed by atoms with Crippen molar-refractivity contribution in [2.45, 2.75) is 63.5 Å². The number of ether oxygens (including phenoxy) is 7. The fraction of sp³-hybridized carbons (Fsp3) is 0.447. The number of methoxy groups -OCH3 is 5. The van der Waals surface area contributed by atoms with Gasteiger partial charge in [0.1, 0.15) is 17.9 Å². The number of esters is 1. The van der Waals surface area contributed by atoms with Gasteiger partial charge in [0.05, 0.1) is 41.5 Å². The van der Waals surface area contributed by atoms with Crippen LogP contribution in [-0.4, -0.2) is 82.6 Å². The third kappa shape index (κ3) is 8.90. The molecule has 1 saturated heterocycles. The van der Waals surface area contributed by atoms with Crippen LogP contribution in [0.3, 0.4) is 0 Å². The normalized spacial score (nSPS) is 15.3. The van der Waals surface area contributed by atoms with Crippen LogP contribution in [0.5, 0.6) is 34.5 Å². The molecule has 1 aliphatic heterocycles. The van der Waals surface area contributed by atoms with Crippen molar-refractivity contribution < 1.29 is 52.6 Å². The summed E-state index contributed by atoms with van der Waals surface area (Å²) in [6.45, 7) is 1.76. The van der Waals surface area contributed by atoms with Crippen LogP contribution in [0.1, 0.15) is 67.7 Å². The highest BCUT2D eigenvalue weighted by atomic mass is 16.6. The van der Waals surface area contributed by atoms with Gasteiger partial charge in [-0.25, -0.2) is 9.59 Å². The molecular formula is C38H47NO11. The first-order valence-electron chi connectivity index (χ1n) is 16.6. The number of piperidine rings is 1. The van der Waals surface area contributed by atoms with Crippen molar-refractivity contribution in [3.63, 3.8) is 0 Å². The maximum atomic E-state index is 14.3. The Hall–Kier alpha value is -5.13. The number of aliphatic carboxylic acids is 1. The lowest BCUT2D eigenvalue weighted by molar-refractivity contribution is -0.162. The Morgan fingerprint density at radius 1 is 0.820 bits per heavy atom. The van der Waals surface area contributed by atoms with Crippen molar-refractivity contribution in [2.24, 2.45) is 0 Å². The first kappa shape index (κ1) is 37.7. The molecule has 1 fully saturated rings. The molecule has 1 N–H and O–H groups in total. The number of aryl methyl sites for hydroxylation is 1. The maximum absolute atomic E-state index is 14.3. The molecular weight excluding hydrogens is 646 g/mol. The molecule has 1 aliphatic rings.